The van der Waals surface area contributed by atoms with Crippen molar-refractivity contribution >= 4 is 17.8 Å². The van der Waals surface area contributed by atoms with Crippen LogP contribution in [-0.4, -0.2) is 21.4 Å². The maximum atomic E-state index is 5.90. The summed E-state index contributed by atoms with van der Waals surface area (Å²) >= 11 is 1.57. The first-order valence-electron chi connectivity index (χ1n) is 7.90. The molecule has 3 rings (SSSR count). The molecule has 0 atom stereocenters. The maximum absolute atomic E-state index is 5.90. The van der Waals surface area contributed by atoms with Gasteiger partial charge in [-0.2, -0.15) is 4.98 Å². The number of thioether (sulfide) groups is 1. The van der Waals surface area contributed by atoms with Gasteiger partial charge in [-0.05, 0) is 26.2 Å². The highest BCUT2D eigenvalue weighted by Crippen LogP contribution is 2.29. The van der Waals surface area contributed by atoms with Gasteiger partial charge in [0, 0.05) is 17.2 Å². The monoisotopic (exact) mass is 353 g/mol. The standard InChI is InChI=1S/C19H19N3O2S/c1-4-8-15-11-16(24-22-15)12-23-18-13(2)19(25-3)21-17(20-18)14-9-6-5-7-10-14/h4-11H,12H2,1-3H3. The highest BCUT2D eigenvalue weighted by atomic mass is 32.2. The zero-order valence-corrected chi connectivity index (χ0v) is 15.2. The molecule has 0 saturated heterocycles. The lowest BCUT2D eigenvalue weighted by Crippen LogP contribution is -2.03. The fraction of sp³-hybridized carbons (Fsp3) is 0.211. The first kappa shape index (κ1) is 17.2. The molecule has 25 heavy (non-hydrogen) atoms. The maximum Gasteiger partial charge on any atom is 0.221 e. The second-order valence-corrected chi connectivity index (χ2v) is 6.15. The predicted molar refractivity (Wildman–Crippen MR) is 99.5 cm³/mol. The molecule has 0 unspecified atom stereocenters. The van der Waals surface area contributed by atoms with Crippen LogP contribution in [-0.2, 0) is 6.61 Å². The molecule has 6 heteroatoms. The zero-order valence-electron chi connectivity index (χ0n) is 14.4. The van der Waals surface area contributed by atoms with E-state index in [1.807, 2.05) is 68.7 Å². The Bertz CT molecular complexity index is 876. The van der Waals surface area contributed by atoms with E-state index in [1.165, 1.54) is 0 Å². The van der Waals surface area contributed by atoms with Gasteiger partial charge in [-0.3, -0.25) is 0 Å². The lowest BCUT2D eigenvalue weighted by molar-refractivity contribution is 0.239. The van der Waals surface area contributed by atoms with Crippen LogP contribution < -0.4 is 4.74 Å². The summed E-state index contributed by atoms with van der Waals surface area (Å²) in [4.78, 5) is 9.22. The molecule has 0 fully saturated rings. The minimum Gasteiger partial charge on any atom is -0.469 e. The van der Waals surface area contributed by atoms with Gasteiger partial charge in [-0.1, -0.05) is 41.6 Å². The fourth-order valence-corrected chi connectivity index (χ4v) is 2.89. The number of aromatic nitrogens is 3. The van der Waals surface area contributed by atoms with Gasteiger partial charge < -0.3 is 9.26 Å². The van der Waals surface area contributed by atoms with Gasteiger partial charge in [-0.25, -0.2) is 4.98 Å². The van der Waals surface area contributed by atoms with Crippen molar-refractivity contribution in [2.45, 2.75) is 25.5 Å². The SMILES string of the molecule is CC=Cc1cc(COc2nc(-c3ccccc3)nc(SC)c2C)on1. The van der Waals surface area contributed by atoms with Gasteiger partial charge in [0.05, 0.1) is 0 Å². The van der Waals surface area contributed by atoms with Crippen LogP contribution in [0.3, 0.4) is 0 Å². The van der Waals surface area contributed by atoms with E-state index >= 15 is 0 Å². The Labute approximate surface area is 151 Å². The normalized spacial score (nSPS) is 11.2. The van der Waals surface area contributed by atoms with E-state index in [-0.39, 0.29) is 6.61 Å². The van der Waals surface area contributed by atoms with E-state index in [4.69, 9.17) is 9.26 Å². The largest absolute Gasteiger partial charge is 0.469 e. The van der Waals surface area contributed by atoms with Crippen LogP contribution in [0.4, 0.5) is 0 Å². The van der Waals surface area contributed by atoms with Gasteiger partial charge in [-0.15, -0.1) is 11.8 Å². The van der Waals surface area contributed by atoms with E-state index in [2.05, 4.69) is 15.1 Å². The topological polar surface area (TPSA) is 61.0 Å². The quantitative estimate of drug-likeness (QED) is 0.470. The second-order valence-electron chi connectivity index (χ2n) is 5.36. The molecular formula is C19H19N3O2S. The Balaban J connectivity index is 1.86. The molecule has 128 valence electrons. The molecule has 3 aromatic rings. The van der Waals surface area contributed by atoms with Crippen LogP contribution in [0.1, 0.15) is 23.9 Å². The number of allylic oxidation sites excluding steroid dienone is 1. The lowest BCUT2D eigenvalue weighted by atomic mass is 10.2. The van der Waals surface area contributed by atoms with Crippen molar-refractivity contribution in [1.29, 1.82) is 0 Å². The van der Waals surface area contributed by atoms with E-state index in [0.29, 0.717) is 17.5 Å². The third-order valence-corrected chi connectivity index (χ3v) is 4.33. The number of benzene rings is 1. The minimum absolute atomic E-state index is 0.268. The van der Waals surface area contributed by atoms with Crippen LogP contribution in [0.25, 0.3) is 17.5 Å². The van der Waals surface area contributed by atoms with E-state index in [0.717, 1.165) is 21.8 Å². The highest BCUT2D eigenvalue weighted by Gasteiger charge is 2.14. The van der Waals surface area contributed by atoms with Crippen LogP contribution >= 0.6 is 11.8 Å². The Morgan fingerprint density at radius 2 is 2.00 bits per heavy atom. The van der Waals surface area contributed by atoms with Gasteiger partial charge >= 0.3 is 0 Å². The number of rotatable bonds is 6. The first-order valence-corrected chi connectivity index (χ1v) is 9.13. The first-order chi connectivity index (χ1) is 12.2. The summed E-state index contributed by atoms with van der Waals surface area (Å²) in [5, 5.41) is 4.86. The molecule has 1 aromatic carbocycles. The molecule has 0 N–H and O–H groups in total. The highest BCUT2D eigenvalue weighted by molar-refractivity contribution is 7.98. The molecular weight excluding hydrogens is 334 g/mol. The Morgan fingerprint density at radius 1 is 1.20 bits per heavy atom. The second kappa shape index (κ2) is 7.98. The third-order valence-electron chi connectivity index (χ3n) is 3.55. The molecule has 0 aliphatic rings. The summed E-state index contributed by atoms with van der Waals surface area (Å²) < 4.78 is 11.2. The van der Waals surface area contributed by atoms with Crippen molar-refractivity contribution < 1.29 is 9.26 Å². The van der Waals surface area contributed by atoms with Crippen LogP contribution in [0.2, 0.25) is 0 Å². The van der Waals surface area contributed by atoms with E-state index in [9.17, 15) is 0 Å². The van der Waals surface area contributed by atoms with Crippen molar-refractivity contribution in [3.05, 3.63) is 59.5 Å². The number of hydrogen-bond donors (Lipinski definition) is 0. The summed E-state index contributed by atoms with van der Waals surface area (Å²) in [6, 6.07) is 11.7. The Hall–Kier alpha value is -2.60. The van der Waals surface area contributed by atoms with E-state index < -0.39 is 0 Å². The molecule has 0 aliphatic carbocycles. The van der Waals surface area contributed by atoms with Crippen molar-refractivity contribution in [3.63, 3.8) is 0 Å². The summed E-state index contributed by atoms with van der Waals surface area (Å²) in [5.41, 5.74) is 2.65. The average Bonchev–Trinajstić information content (AvgIpc) is 3.09. The van der Waals surface area contributed by atoms with Gasteiger partial charge in [0.15, 0.2) is 18.2 Å². The van der Waals surface area contributed by atoms with Gasteiger partial charge in [0.2, 0.25) is 5.88 Å². The molecule has 2 heterocycles. The summed E-state index contributed by atoms with van der Waals surface area (Å²) in [6.45, 7) is 4.16. The average molecular weight is 353 g/mol. The van der Waals surface area contributed by atoms with Crippen LogP contribution in [0.15, 0.2) is 52.0 Å². The van der Waals surface area contributed by atoms with Crippen molar-refractivity contribution in [3.8, 4) is 17.3 Å². The molecule has 0 amide bonds. The number of nitrogens with zero attached hydrogens (tertiary/aromatic N) is 3. The van der Waals surface area contributed by atoms with Gasteiger partial charge in [0.25, 0.3) is 0 Å². The number of ether oxygens (including phenoxy) is 1. The Kier molecular flexibility index (Phi) is 5.50. The summed E-state index contributed by atoms with van der Waals surface area (Å²) in [7, 11) is 0. The predicted octanol–water partition coefficient (Wildman–Crippen LogP) is 4.77. The molecule has 5 nitrogen and oxygen atoms in total. The van der Waals surface area contributed by atoms with Crippen LogP contribution in [0, 0.1) is 6.92 Å². The summed E-state index contributed by atoms with van der Waals surface area (Å²) in [6.07, 6.45) is 5.78. The molecule has 0 bridgehead atoms. The van der Waals surface area contributed by atoms with Crippen molar-refractivity contribution in [1.82, 2.24) is 15.1 Å². The molecule has 0 saturated carbocycles. The van der Waals surface area contributed by atoms with Crippen molar-refractivity contribution in [2.75, 3.05) is 6.26 Å². The van der Waals surface area contributed by atoms with E-state index in [1.54, 1.807) is 11.8 Å². The Morgan fingerprint density at radius 3 is 2.72 bits per heavy atom. The minimum atomic E-state index is 0.268. The molecule has 0 radical (unpaired) electrons. The molecule has 2 aromatic heterocycles. The third kappa shape index (κ3) is 4.09. The summed E-state index contributed by atoms with van der Waals surface area (Å²) in [5.74, 6) is 1.86. The fourth-order valence-electron chi connectivity index (χ4n) is 2.32. The number of hydrogen-bond acceptors (Lipinski definition) is 6. The molecule has 0 spiro atoms. The lowest BCUT2D eigenvalue weighted by Gasteiger charge is -2.11. The smallest absolute Gasteiger partial charge is 0.221 e. The zero-order chi connectivity index (χ0) is 17.6. The van der Waals surface area contributed by atoms with Crippen molar-refractivity contribution in [2.24, 2.45) is 0 Å². The molecule has 0 aliphatic heterocycles. The van der Waals surface area contributed by atoms with Gasteiger partial charge in [0.1, 0.15) is 10.7 Å². The van der Waals surface area contributed by atoms with Crippen LogP contribution in [0.5, 0.6) is 5.88 Å².